The van der Waals surface area contributed by atoms with E-state index in [0.29, 0.717) is 29.8 Å². The maximum atomic E-state index is 13.2. The molecule has 0 spiro atoms. The van der Waals surface area contributed by atoms with E-state index >= 15 is 0 Å². The predicted octanol–water partition coefficient (Wildman–Crippen LogP) is 2.73. The number of aromatic nitrogens is 4. The van der Waals surface area contributed by atoms with E-state index in [1.165, 1.54) is 16.8 Å². The summed E-state index contributed by atoms with van der Waals surface area (Å²) in [5.74, 6) is 0.683. The molecule has 1 saturated heterocycles. The van der Waals surface area contributed by atoms with Crippen LogP contribution < -0.4 is 10.6 Å². The first-order chi connectivity index (χ1) is 13.8. The third-order valence-electron chi connectivity index (χ3n) is 5.11. The van der Waals surface area contributed by atoms with E-state index in [4.69, 9.17) is 0 Å². The van der Waals surface area contributed by atoms with Crippen LogP contribution in [0.2, 0.25) is 0 Å². The van der Waals surface area contributed by atoms with Crippen molar-refractivity contribution in [2.45, 2.75) is 37.6 Å². The fourth-order valence-electron chi connectivity index (χ4n) is 3.32. The first-order valence-electron chi connectivity index (χ1n) is 9.33. The molecule has 0 bridgehead atoms. The minimum atomic E-state index is -4.86. The number of nitrogens with zero attached hydrogens (tertiary/aromatic N) is 4. The maximum Gasteiger partial charge on any atom is 0.422 e. The molecule has 0 aliphatic carbocycles. The van der Waals surface area contributed by atoms with Gasteiger partial charge in [0.25, 0.3) is 0 Å². The first kappa shape index (κ1) is 19.6. The summed E-state index contributed by atoms with van der Waals surface area (Å²) in [5, 5.41) is 16.7. The summed E-state index contributed by atoms with van der Waals surface area (Å²) in [6.45, 7) is 2.54. The van der Waals surface area contributed by atoms with Gasteiger partial charge in [-0.15, -0.1) is 0 Å². The molecule has 0 saturated carbocycles. The molecule has 4 rings (SSSR count). The lowest BCUT2D eigenvalue weighted by Crippen LogP contribution is -2.40. The molecule has 4 heterocycles. The number of aliphatic hydroxyl groups is 1. The zero-order valence-electron chi connectivity index (χ0n) is 15.7. The van der Waals surface area contributed by atoms with Crippen LogP contribution in [0.5, 0.6) is 0 Å². The van der Waals surface area contributed by atoms with Crippen molar-refractivity contribution in [2.24, 2.45) is 0 Å². The van der Waals surface area contributed by atoms with E-state index in [1.807, 2.05) is 12.1 Å². The van der Waals surface area contributed by atoms with Gasteiger partial charge in [-0.25, -0.2) is 9.97 Å². The van der Waals surface area contributed by atoms with Crippen LogP contribution in [-0.4, -0.2) is 49.8 Å². The second kappa shape index (κ2) is 7.27. The molecule has 2 atom stereocenters. The molecule has 3 aromatic heterocycles. The van der Waals surface area contributed by atoms with Crippen molar-refractivity contribution < 1.29 is 18.3 Å². The topological polar surface area (TPSA) is 87.4 Å². The Kier molecular flexibility index (Phi) is 4.91. The third kappa shape index (κ3) is 3.77. The number of piperidine rings is 1. The predicted molar refractivity (Wildman–Crippen MR) is 101 cm³/mol. The monoisotopic (exact) mass is 406 g/mol. The lowest BCUT2D eigenvalue weighted by molar-refractivity contribution is -0.260. The number of pyridine rings is 1. The van der Waals surface area contributed by atoms with Crippen molar-refractivity contribution in [2.75, 3.05) is 18.4 Å². The summed E-state index contributed by atoms with van der Waals surface area (Å²) in [4.78, 5) is 12.5. The lowest BCUT2D eigenvalue weighted by Gasteiger charge is -2.25. The molecule has 3 N–H and O–H groups in total. The molecule has 154 valence electrons. The Balaban J connectivity index is 1.69. The standard InChI is InChI=1S/C19H21F3N6O/c1-18(29,19(20,21)22)15-11-28-14(9-25-17(28)10-24-15)13-5-2-6-16(27-13)26-12-4-3-7-23-8-12/h2,5-6,9-12,23,29H,3-4,7-8H2,1H3,(H,26,27). The van der Waals surface area contributed by atoms with Crippen molar-refractivity contribution in [3.63, 3.8) is 0 Å². The van der Waals surface area contributed by atoms with E-state index in [9.17, 15) is 18.3 Å². The van der Waals surface area contributed by atoms with Crippen LogP contribution in [0, 0.1) is 0 Å². The number of alkyl halides is 3. The highest BCUT2D eigenvalue weighted by Crippen LogP contribution is 2.37. The minimum absolute atomic E-state index is 0.270. The quantitative estimate of drug-likeness (QED) is 0.618. The summed E-state index contributed by atoms with van der Waals surface area (Å²) in [6, 6.07) is 5.71. The Labute approximate surface area is 165 Å². The van der Waals surface area contributed by atoms with E-state index in [-0.39, 0.29) is 6.04 Å². The van der Waals surface area contributed by atoms with Crippen LogP contribution in [0.25, 0.3) is 17.0 Å². The number of nitrogens with one attached hydrogen (secondary N) is 2. The number of fused-ring (bicyclic) bond motifs is 1. The zero-order chi connectivity index (χ0) is 20.6. The average molecular weight is 406 g/mol. The van der Waals surface area contributed by atoms with Crippen molar-refractivity contribution >= 4 is 11.5 Å². The van der Waals surface area contributed by atoms with Crippen LogP contribution in [0.15, 0.2) is 36.8 Å². The van der Waals surface area contributed by atoms with Crippen LogP contribution in [-0.2, 0) is 5.60 Å². The number of hydrogen-bond donors (Lipinski definition) is 3. The molecule has 1 aliphatic heterocycles. The number of hydrogen-bond acceptors (Lipinski definition) is 6. The van der Waals surface area contributed by atoms with Gasteiger partial charge in [-0.1, -0.05) is 6.07 Å². The second-order valence-electron chi connectivity index (χ2n) is 7.31. The highest BCUT2D eigenvalue weighted by molar-refractivity contribution is 5.61. The minimum Gasteiger partial charge on any atom is -0.375 e. The van der Waals surface area contributed by atoms with Crippen molar-refractivity contribution in [3.05, 3.63) is 42.5 Å². The fraction of sp³-hybridized carbons (Fsp3) is 0.421. The van der Waals surface area contributed by atoms with E-state index in [1.54, 1.807) is 6.07 Å². The highest BCUT2D eigenvalue weighted by atomic mass is 19.4. The van der Waals surface area contributed by atoms with E-state index in [0.717, 1.165) is 32.1 Å². The van der Waals surface area contributed by atoms with Gasteiger partial charge in [0.2, 0.25) is 5.60 Å². The van der Waals surface area contributed by atoms with Crippen molar-refractivity contribution in [3.8, 4) is 11.4 Å². The molecular formula is C19H21F3N6O. The van der Waals surface area contributed by atoms with Gasteiger partial charge in [-0.05, 0) is 38.4 Å². The maximum absolute atomic E-state index is 13.2. The molecular weight excluding hydrogens is 385 g/mol. The Morgan fingerprint density at radius 2 is 2.07 bits per heavy atom. The number of imidazole rings is 1. The molecule has 3 aromatic rings. The Morgan fingerprint density at radius 3 is 2.79 bits per heavy atom. The highest BCUT2D eigenvalue weighted by Gasteiger charge is 2.52. The number of halogens is 3. The average Bonchev–Trinajstić information content (AvgIpc) is 3.11. The smallest absolute Gasteiger partial charge is 0.375 e. The Morgan fingerprint density at radius 1 is 1.24 bits per heavy atom. The molecule has 29 heavy (non-hydrogen) atoms. The van der Waals surface area contributed by atoms with Gasteiger partial charge in [0.05, 0.1) is 29.5 Å². The fourth-order valence-corrected chi connectivity index (χ4v) is 3.32. The zero-order valence-corrected chi connectivity index (χ0v) is 15.7. The van der Waals surface area contributed by atoms with Gasteiger partial charge in [0.1, 0.15) is 5.82 Å². The summed E-state index contributed by atoms with van der Waals surface area (Å²) in [7, 11) is 0. The molecule has 1 aliphatic rings. The molecule has 0 aromatic carbocycles. The van der Waals surface area contributed by atoms with Crippen molar-refractivity contribution in [1.82, 2.24) is 24.7 Å². The molecule has 10 heteroatoms. The number of rotatable bonds is 4. The van der Waals surface area contributed by atoms with Gasteiger partial charge < -0.3 is 15.7 Å². The van der Waals surface area contributed by atoms with Crippen LogP contribution in [0.4, 0.5) is 19.0 Å². The van der Waals surface area contributed by atoms with Gasteiger partial charge in [-0.3, -0.25) is 9.38 Å². The van der Waals surface area contributed by atoms with E-state index in [2.05, 4.69) is 25.6 Å². The van der Waals surface area contributed by atoms with Gasteiger partial charge >= 0.3 is 6.18 Å². The SMILES string of the molecule is CC(O)(c1cn2c(-c3cccc(NC4CCCNC4)n3)cnc2cn1)C(F)(F)F. The van der Waals surface area contributed by atoms with Crippen LogP contribution in [0.1, 0.15) is 25.5 Å². The van der Waals surface area contributed by atoms with Gasteiger partial charge in [0.15, 0.2) is 5.65 Å². The summed E-state index contributed by atoms with van der Waals surface area (Å²) >= 11 is 0. The molecule has 0 amide bonds. The van der Waals surface area contributed by atoms with Crippen molar-refractivity contribution in [1.29, 1.82) is 0 Å². The van der Waals surface area contributed by atoms with Crippen LogP contribution in [0.3, 0.4) is 0 Å². The molecule has 0 radical (unpaired) electrons. The molecule has 2 unspecified atom stereocenters. The second-order valence-corrected chi connectivity index (χ2v) is 7.31. The summed E-state index contributed by atoms with van der Waals surface area (Å²) in [5.41, 5.74) is -2.17. The summed E-state index contributed by atoms with van der Waals surface area (Å²) < 4.78 is 41.1. The largest absolute Gasteiger partial charge is 0.422 e. The first-order valence-corrected chi connectivity index (χ1v) is 9.33. The summed E-state index contributed by atoms with van der Waals surface area (Å²) in [6.07, 6.45) is 1.14. The molecule has 1 fully saturated rings. The van der Waals surface area contributed by atoms with Gasteiger partial charge in [-0.2, -0.15) is 13.2 Å². The van der Waals surface area contributed by atoms with E-state index < -0.39 is 17.5 Å². The molecule has 7 nitrogen and oxygen atoms in total. The van der Waals surface area contributed by atoms with Crippen LogP contribution >= 0.6 is 0 Å². The Hall–Kier alpha value is -2.72. The van der Waals surface area contributed by atoms with Gasteiger partial charge in [0, 0.05) is 18.8 Å². The lowest BCUT2D eigenvalue weighted by atomic mass is 10.0. The third-order valence-corrected chi connectivity index (χ3v) is 5.11. The number of anilines is 1. The Bertz CT molecular complexity index is 1010. The normalized spacial score (nSPS) is 19.8.